The molecule has 0 aliphatic carbocycles. The Labute approximate surface area is 143 Å². The van der Waals surface area contributed by atoms with E-state index in [-0.39, 0.29) is 18.9 Å². The maximum absolute atomic E-state index is 12.2. The van der Waals surface area contributed by atoms with Crippen LogP contribution in [0.15, 0.2) is 22.6 Å². The third-order valence-corrected chi connectivity index (χ3v) is 3.79. The number of cyclic esters (lactones) is 1. The van der Waals surface area contributed by atoms with Crippen LogP contribution in [-0.4, -0.2) is 49.2 Å². The highest BCUT2D eigenvalue weighted by Gasteiger charge is 2.29. The average molecular weight is 347 g/mol. The molecule has 1 aromatic carbocycles. The standard InChI is InChI=1S/C17H17NO7/c1-3-22-11-4-5-13-12(8-11)10(2)15(25-13)16(20)24-9-14(19)18-6-7-23-17(18)21/h4-5,8H,3,6-7,9H2,1-2H3. The molecule has 1 aliphatic heterocycles. The summed E-state index contributed by atoms with van der Waals surface area (Å²) in [7, 11) is 0. The molecule has 0 saturated carbocycles. The quantitative estimate of drug-likeness (QED) is 0.766. The number of esters is 1. The van der Waals surface area contributed by atoms with Gasteiger partial charge >= 0.3 is 12.1 Å². The van der Waals surface area contributed by atoms with Gasteiger partial charge < -0.3 is 18.6 Å². The molecule has 0 spiro atoms. The second-order valence-electron chi connectivity index (χ2n) is 5.38. The van der Waals surface area contributed by atoms with Crippen LogP contribution >= 0.6 is 0 Å². The lowest BCUT2D eigenvalue weighted by Gasteiger charge is -2.10. The van der Waals surface area contributed by atoms with Gasteiger partial charge in [0.05, 0.1) is 13.2 Å². The molecule has 2 heterocycles. The van der Waals surface area contributed by atoms with E-state index in [1.54, 1.807) is 25.1 Å². The Morgan fingerprint density at radius 2 is 2.12 bits per heavy atom. The summed E-state index contributed by atoms with van der Waals surface area (Å²) in [5, 5.41) is 0.729. The number of amides is 2. The zero-order chi connectivity index (χ0) is 18.0. The van der Waals surface area contributed by atoms with E-state index in [1.165, 1.54) is 0 Å². The van der Waals surface area contributed by atoms with Gasteiger partial charge in [-0.2, -0.15) is 0 Å². The molecule has 0 atom stereocenters. The van der Waals surface area contributed by atoms with E-state index in [2.05, 4.69) is 4.74 Å². The average Bonchev–Trinajstić information content (AvgIpc) is 3.17. The van der Waals surface area contributed by atoms with Gasteiger partial charge in [0, 0.05) is 10.9 Å². The molecular weight excluding hydrogens is 330 g/mol. The van der Waals surface area contributed by atoms with Crippen molar-refractivity contribution in [3.63, 3.8) is 0 Å². The largest absolute Gasteiger partial charge is 0.494 e. The first-order valence-corrected chi connectivity index (χ1v) is 7.81. The van der Waals surface area contributed by atoms with Crippen LogP contribution in [0.4, 0.5) is 4.79 Å². The normalized spacial score (nSPS) is 13.8. The van der Waals surface area contributed by atoms with Crippen molar-refractivity contribution in [3.8, 4) is 5.75 Å². The van der Waals surface area contributed by atoms with Crippen LogP contribution < -0.4 is 4.74 Å². The SMILES string of the molecule is CCOc1ccc2oc(C(=O)OCC(=O)N3CCOC3=O)c(C)c2c1. The van der Waals surface area contributed by atoms with E-state index >= 15 is 0 Å². The minimum atomic E-state index is -0.771. The predicted octanol–water partition coefficient (Wildman–Crippen LogP) is 2.28. The second kappa shape index (κ2) is 6.84. The van der Waals surface area contributed by atoms with Gasteiger partial charge in [0.25, 0.3) is 5.91 Å². The summed E-state index contributed by atoms with van der Waals surface area (Å²) in [5.41, 5.74) is 1.11. The third kappa shape index (κ3) is 3.28. The summed E-state index contributed by atoms with van der Waals surface area (Å²) < 4.78 is 20.6. The molecule has 0 unspecified atom stereocenters. The molecule has 132 valence electrons. The summed E-state index contributed by atoms with van der Waals surface area (Å²) in [6.45, 7) is 3.86. The topological polar surface area (TPSA) is 95.3 Å². The van der Waals surface area contributed by atoms with Crippen molar-refractivity contribution in [3.05, 3.63) is 29.5 Å². The number of ether oxygens (including phenoxy) is 3. The lowest BCUT2D eigenvalue weighted by Crippen LogP contribution is -2.35. The molecule has 1 fully saturated rings. The Balaban J connectivity index is 1.72. The fourth-order valence-electron chi connectivity index (χ4n) is 2.54. The van der Waals surface area contributed by atoms with E-state index < -0.39 is 24.6 Å². The van der Waals surface area contributed by atoms with Crippen molar-refractivity contribution < 1.29 is 33.0 Å². The summed E-state index contributed by atoms with van der Waals surface area (Å²) >= 11 is 0. The van der Waals surface area contributed by atoms with Crippen LogP contribution in [0, 0.1) is 6.92 Å². The smallest absolute Gasteiger partial charge is 0.416 e. The second-order valence-corrected chi connectivity index (χ2v) is 5.38. The number of benzene rings is 1. The minimum absolute atomic E-state index is 0.0143. The number of furan rings is 1. The van der Waals surface area contributed by atoms with Crippen molar-refractivity contribution in [2.75, 3.05) is 26.4 Å². The van der Waals surface area contributed by atoms with E-state index in [0.29, 0.717) is 23.5 Å². The number of rotatable bonds is 5. The Hall–Kier alpha value is -3.03. The Bertz CT molecular complexity index is 839. The molecular formula is C17H17NO7. The summed E-state index contributed by atoms with van der Waals surface area (Å²) in [6.07, 6.45) is -0.732. The maximum Gasteiger partial charge on any atom is 0.416 e. The number of carbonyl (C=O) groups excluding carboxylic acids is 3. The van der Waals surface area contributed by atoms with Gasteiger partial charge in [-0.05, 0) is 32.0 Å². The number of fused-ring (bicyclic) bond motifs is 1. The molecule has 8 heteroatoms. The van der Waals surface area contributed by atoms with Crippen LogP contribution in [0.2, 0.25) is 0 Å². The van der Waals surface area contributed by atoms with Gasteiger partial charge in [-0.1, -0.05) is 0 Å². The van der Waals surface area contributed by atoms with E-state index in [4.69, 9.17) is 13.9 Å². The molecule has 0 bridgehead atoms. The Morgan fingerprint density at radius 1 is 1.32 bits per heavy atom. The Kier molecular flexibility index (Phi) is 4.60. The van der Waals surface area contributed by atoms with Crippen molar-refractivity contribution in [1.29, 1.82) is 0 Å². The highest BCUT2D eigenvalue weighted by atomic mass is 16.6. The monoisotopic (exact) mass is 347 g/mol. The van der Waals surface area contributed by atoms with E-state index in [0.717, 1.165) is 10.3 Å². The lowest BCUT2D eigenvalue weighted by atomic mass is 10.1. The first-order chi connectivity index (χ1) is 12.0. The third-order valence-electron chi connectivity index (χ3n) is 3.79. The number of carbonyl (C=O) groups is 3. The molecule has 2 amide bonds. The molecule has 2 aromatic rings. The van der Waals surface area contributed by atoms with Crippen LogP contribution in [-0.2, 0) is 14.3 Å². The van der Waals surface area contributed by atoms with Crippen molar-refractivity contribution in [1.82, 2.24) is 4.90 Å². The number of imide groups is 1. The molecule has 1 aromatic heterocycles. The predicted molar refractivity (Wildman–Crippen MR) is 85.5 cm³/mol. The van der Waals surface area contributed by atoms with Gasteiger partial charge in [-0.3, -0.25) is 4.79 Å². The fraction of sp³-hybridized carbons (Fsp3) is 0.353. The van der Waals surface area contributed by atoms with Gasteiger partial charge in [0.2, 0.25) is 5.76 Å². The maximum atomic E-state index is 12.2. The molecule has 1 aliphatic rings. The van der Waals surface area contributed by atoms with E-state index in [1.807, 2.05) is 6.92 Å². The van der Waals surface area contributed by atoms with Gasteiger partial charge in [0.15, 0.2) is 6.61 Å². The zero-order valence-electron chi connectivity index (χ0n) is 13.9. The molecule has 25 heavy (non-hydrogen) atoms. The highest BCUT2D eigenvalue weighted by molar-refractivity contribution is 5.98. The number of aryl methyl sites for hydroxylation is 1. The van der Waals surface area contributed by atoms with Crippen LogP contribution in [0.1, 0.15) is 23.0 Å². The van der Waals surface area contributed by atoms with Gasteiger partial charge in [0.1, 0.15) is 17.9 Å². The van der Waals surface area contributed by atoms with E-state index in [9.17, 15) is 14.4 Å². The van der Waals surface area contributed by atoms with Crippen LogP contribution in [0.5, 0.6) is 5.75 Å². The lowest BCUT2D eigenvalue weighted by molar-refractivity contribution is -0.131. The molecule has 3 rings (SSSR count). The Morgan fingerprint density at radius 3 is 2.80 bits per heavy atom. The molecule has 1 saturated heterocycles. The number of hydrogen-bond donors (Lipinski definition) is 0. The molecule has 8 nitrogen and oxygen atoms in total. The minimum Gasteiger partial charge on any atom is -0.494 e. The summed E-state index contributed by atoms with van der Waals surface area (Å²) in [4.78, 5) is 36.3. The van der Waals surface area contributed by atoms with Crippen LogP contribution in [0.3, 0.4) is 0 Å². The fourth-order valence-corrected chi connectivity index (χ4v) is 2.54. The van der Waals surface area contributed by atoms with Crippen molar-refractivity contribution >= 4 is 28.9 Å². The van der Waals surface area contributed by atoms with Gasteiger partial charge in [-0.25, -0.2) is 14.5 Å². The number of hydrogen-bond acceptors (Lipinski definition) is 7. The summed E-state index contributed by atoms with van der Waals surface area (Å²) in [6, 6.07) is 5.22. The first-order valence-electron chi connectivity index (χ1n) is 7.81. The molecule has 0 radical (unpaired) electrons. The first kappa shape index (κ1) is 16.8. The van der Waals surface area contributed by atoms with Gasteiger partial charge in [-0.15, -0.1) is 0 Å². The highest BCUT2D eigenvalue weighted by Crippen LogP contribution is 2.29. The van der Waals surface area contributed by atoms with Crippen LogP contribution in [0.25, 0.3) is 11.0 Å². The molecule has 0 N–H and O–H groups in total. The van der Waals surface area contributed by atoms with Crippen molar-refractivity contribution in [2.45, 2.75) is 13.8 Å². The number of nitrogens with zero attached hydrogens (tertiary/aromatic N) is 1. The zero-order valence-corrected chi connectivity index (χ0v) is 13.9. The summed E-state index contributed by atoms with van der Waals surface area (Å²) in [5.74, 6) is -0.724. The van der Waals surface area contributed by atoms with Crippen molar-refractivity contribution in [2.24, 2.45) is 0 Å².